The van der Waals surface area contributed by atoms with E-state index in [1.165, 1.54) is 12.1 Å². The first-order valence-corrected chi connectivity index (χ1v) is 8.62. The Bertz CT molecular complexity index is 638. The monoisotopic (exact) mass is 361 g/mol. The first kappa shape index (κ1) is 15.5. The van der Waals surface area contributed by atoms with Gasteiger partial charge in [0, 0.05) is 11.0 Å². The first-order chi connectivity index (χ1) is 9.31. The van der Waals surface area contributed by atoms with Gasteiger partial charge in [-0.1, -0.05) is 6.42 Å². The van der Waals surface area contributed by atoms with Crippen molar-refractivity contribution in [3.05, 3.63) is 27.7 Å². The van der Waals surface area contributed by atoms with E-state index in [2.05, 4.69) is 20.7 Å². The van der Waals surface area contributed by atoms with Crippen LogP contribution in [-0.4, -0.2) is 26.0 Å². The van der Waals surface area contributed by atoms with Gasteiger partial charge < -0.3 is 5.11 Å². The van der Waals surface area contributed by atoms with Gasteiger partial charge in [0.15, 0.2) is 0 Å². The molecular weight excluding hydrogens is 346 g/mol. The molecule has 2 N–H and O–H groups in total. The molecule has 2 rings (SSSR count). The van der Waals surface area contributed by atoms with E-state index in [1.54, 1.807) is 6.92 Å². The van der Waals surface area contributed by atoms with Crippen molar-refractivity contribution in [2.24, 2.45) is 5.92 Å². The summed E-state index contributed by atoms with van der Waals surface area (Å²) in [5, 5.41) is 9.03. The molecule has 0 radical (unpaired) electrons. The lowest BCUT2D eigenvalue weighted by atomic mass is 9.86. The van der Waals surface area contributed by atoms with E-state index in [-0.39, 0.29) is 10.5 Å². The van der Waals surface area contributed by atoms with Crippen molar-refractivity contribution in [1.29, 1.82) is 0 Å². The van der Waals surface area contributed by atoms with Gasteiger partial charge in [0.25, 0.3) is 0 Å². The van der Waals surface area contributed by atoms with Crippen molar-refractivity contribution in [2.45, 2.75) is 31.1 Å². The fraction of sp³-hybridized carbons (Fsp3) is 0.462. The number of rotatable bonds is 5. The van der Waals surface area contributed by atoms with Gasteiger partial charge in [0.1, 0.15) is 0 Å². The zero-order valence-corrected chi connectivity index (χ0v) is 13.4. The molecule has 1 saturated carbocycles. The molecule has 0 heterocycles. The maximum Gasteiger partial charge on any atom is 0.335 e. The highest BCUT2D eigenvalue weighted by atomic mass is 79.9. The van der Waals surface area contributed by atoms with Crippen LogP contribution in [0.25, 0.3) is 0 Å². The number of carboxylic acids is 1. The molecule has 20 heavy (non-hydrogen) atoms. The highest BCUT2D eigenvalue weighted by Gasteiger charge is 2.24. The quantitative estimate of drug-likeness (QED) is 0.843. The number of aromatic carboxylic acids is 1. The minimum absolute atomic E-state index is 0.0192. The van der Waals surface area contributed by atoms with Gasteiger partial charge in [0.05, 0.1) is 10.5 Å². The van der Waals surface area contributed by atoms with Crippen LogP contribution < -0.4 is 4.72 Å². The topological polar surface area (TPSA) is 83.5 Å². The summed E-state index contributed by atoms with van der Waals surface area (Å²) in [6.45, 7) is 2.08. The fourth-order valence-electron chi connectivity index (χ4n) is 2.06. The smallest absolute Gasteiger partial charge is 0.335 e. The van der Waals surface area contributed by atoms with Crippen molar-refractivity contribution in [2.75, 3.05) is 6.54 Å². The molecule has 1 aliphatic rings. The largest absolute Gasteiger partial charge is 0.478 e. The zero-order valence-electron chi connectivity index (χ0n) is 11.0. The minimum Gasteiger partial charge on any atom is -0.478 e. The summed E-state index contributed by atoms with van der Waals surface area (Å²) in [5.74, 6) is -0.747. The molecule has 110 valence electrons. The van der Waals surface area contributed by atoms with Gasteiger partial charge in [-0.2, -0.15) is 0 Å². The molecule has 5 nitrogen and oxygen atoms in total. The number of halogens is 1. The number of hydrogen-bond donors (Lipinski definition) is 2. The molecule has 1 fully saturated rings. The number of carbonyl (C=O) groups is 1. The number of aryl methyl sites for hydroxylation is 1. The molecule has 0 atom stereocenters. The normalized spacial score (nSPS) is 15.9. The predicted molar refractivity (Wildman–Crippen MR) is 78.4 cm³/mol. The highest BCUT2D eigenvalue weighted by molar-refractivity contribution is 9.10. The van der Waals surface area contributed by atoms with Crippen LogP contribution in [0.15, 0.2) is 21.5 Å². The molecular formula is C13H16BrNO4S. The molecule has 0 aromatic heterocycles. The summed E-state index contributed by atoms with van der Waals surface area (Å²) < 4.78 is 27.5. The van der Waals surface area contributed by atoms with Crippen LogP contribution in [-0.2, 0) is 10.0 Å². The average molecular weight is 362 g/mol. The first-order valence-electron chi connectivity index (χ1n) is 6.34. The third kappa shape index (κ3) is 3.21. The van der Waals surface area contributed by atoms with Crippen LogP contribution in [0.2, 0.25) is 0 Å². The Balaban J connectivity index is 2.31. The number of benzene rings is 1. The van der Waals surface area contributed by atoms with E-state index in [1.807, 2.05) is 0 Å². The lowest BCUT2D eigenvalue weighted by molar-refractivity contribution is 0.0696. The second-order valence-corrected chi connectivity index (χ2v) is 7.59. The SMILES string of the molecule is Cc1cc(C(=O)O)cc(S(=O)(=O)NCC2CCC2)c1Br. The second-order valence-electron chi connectivity index (χ2n) is 5.06. The number of carboxylic acid groups (broad SMARTS) is 1. The molecule has 0 bridgehead atoms. The zero-order chi connectivity index (χ0) is 14.9. The van der Waals surface area contributed by atoms with Crippen LogP contribution in [0, 0.1) is 12.8 Å². The molecule has 7 heteroatoms. The number of sulfonamides is 1. The summed E-state index contributed by atoms with van der Waals surface area (Å²) >= 11 is 3.23. The highest BCUT2D eigenvalue weighted by Crippen LogP contribution is 2.29. The van der Waals surface area contributed by atoms with E-state index in [0.717, 1.165) is 19.3 Å². The standard InChI is InChI=1S/C13H16BrNO4S/c1-8-5-10(13(16)17)6-11(12(8)14)20(18,19)15-7-9-3-2-4-9/h5-6,9,15H,2-4,7H2,1H3,(H,16,17). The Morgan fingerprint density at radius 3 is 2.60 bits per heavy atom. The lowest BCUT2D eigenvalue weighted by Crippen LogP contribution is -2.32. The number of hydrogen-bond acceptors (Lipinski definition) is 3. The van der Waals surface area contributed by atoms with E-state index < -0.39 is 16.0 Å². The molecule has 0 aliphatic heterocycles. The second kappa shape index (κ2) is 5.83. The Morgan fingerprint density at radius 2 is 2.10 bits per heavy atom. The van der Waals surface area contributed by atoms with Gasteiger partial charge in [-0.25, -0.2) is 17.9 Å². The van der Waals surface area contributed by atoms with Crippen molar-refractivity contribution < 1.29 is 18.3 Å². The number of nitrogens with one attached hydrogen (secondary N) is 1. The van der Waals surface area contributed by atoms with Crippen molar-refractivity contribution in [1.82, 2.24) is 4.72 Å². The summed E-state index contributed by atoms with van der Waals surface area (Å²) in [5.41, 5.74) is 0.545. The van der Waals surface area contributed by atoms with Crippen LogP contribution in [0.5, 0.6) is 0 Å². The van der Waals surface area contributed by atoms with Gasteiger partial charge in [-0.05, 0) is 59.3 Å². The van der Waals surface area contributed by atoms with Crippen molar-refractivity contribution in [3.63, 3.8) is 0 Å². The Morgan fingerprint density at radius 1 is 1.45 bits per heavy atom. The maximum atomic E-state index is 12.3. The molecule has 0 amide bonds. The Labute approximate surface area is 126 Å². The van der Waals surface area contributed by atoms with Crippen LogP contribution >= 0.6 is 15.9 Å². The van der Waals surface area contributed by atoms with Gasteiger partial charge in [-0.3, -0.25) is 0 Å². The summed E-state index contributed by atoms with van der Waals surface area (Å²) in [7, 11) is -3.70. The van der Waals surface area contributed by atoms with Crippen LogP contribution in [0.3, 0.4) is 0 Å². The Hall–Kier alpha value is -0.920. The van der Waals surface area contributed by atoms with Crippen molar-refractivity contribution >= 4 is 31.9 Å². The molecule has 0 spiro atoms. The minimum atomic E-state index is -3.70. The van der Waals surface area contributed by atoms with Gasteiger partial charge in [0.2, 0.25) is 10.0 Å². The third-order valence-corrected chi connectivity index (χ3v) is 6.31. The predicted octanol–water partition coefficient (Wildman–Crippen LogP) is 2.53. The molecule has 1 aromatic carbocycles. The van der Waals surface area contributed by atoms with Crippen LogP contribution in [0.4, 0.5) is 0 Å². The van der Waals surface area contributed by atoms with Crippen molar-refractivity contribution in [3.8, 4) is 0 Å². The van der Waals surface area contributed by atoms with Gasteiger partial charge in [-0.15, -0.1) is 0 Å². The average Bonchev–Trinajstić information content (AvgIpc) is 2.29. The van der Waals surface area contributed by atoms with E-state index in [9.17, 15) is 13.2 Å². The molecule has 1 aromatic rings. The molecule has 0 unspecified atom stereocenters. The maximum absolute atomic E-state index is 12.3. The van der Waals surface area contributed by atoms with Gasteiger partial charge >= 0.3 is 5.97 Å². The summed E-state index contributed by atoms with van der Waals surface area (Å²) in [4.78, 5) is 11.0. The van der Waals surface area contributed by atoms with E-state index in [4.69, 9.17) is 5.11 Å². The lowest BCUT2D eigenvalue weighted by Gasteiger charge is -2.25. The third-order valence-electron chi connectivity index (χ3n) is 3.54. The summed E-state index contributed by atoms with van der Waals surface area (Å²) in [6.07, 6.45) is 3.22. The van der Waals surface area contributed by atoms with Crippen LogP contribution in [0.1, 0.15) is 35.2 Å². The molecule has 0 saturated heterocycles. The Kier molecular flexibility index (Phi) is 4.51. The van der Waals surface area contributed by atoms with E-state index in [0.29, 0.717) is 22.5 Å². The summed E-state index contributed by atoms with van der Waals surface area (Å²) in [6, 6.07) is 2.62. The molecule has 1 aliphatic carbocycles. The fourth-order valence-corrected chi connectivity index (χ4v) is 4.22. The van der Waals surface area contributed by atoms with E-state index >= 15 is 0 Å².